The molecular weight excluding hydrogens is 477 g/mol. The van der Waals surface area contributed by atoms with Crippen LogP contribution in [0, 0.1) is 15.9 Å². The van der Waals surface area contributed by atoms with E-state index in [4.69, 9.17) is 11.6 Å². The molecule has 178 valence electrons. The molecule has 0 spiro atoms. The summed E-state index contributed by atoms with van der Waals surface area (Å²) in [5, 5.41) is 14.4. The van der Waals surface area contributed by atoms with Gasteiger partial charge in [0.15, 0.2) is 0 Å². The van der Waals surface area contributed by atoms with Gasteiger partial charge in [0.25, 0.3) is 11.2 Å². The molecule has 1 heterocycles. The maximum Gasteiger partial charge on any atom is 0.322 e. The molecule has 0 saturated carbocycles. The zero-order chi connectivity index (χ0) is 25.3. The van der Waals surface area contributed by atoms with E-state index in [0.717, 1.165) is 6.07 Å². The SMILES string of the molecule is CC(c1nc2ccccc2c(=O)n1-c1ccc(F)cc1)N(C)C(=O)Nc1ccc(Cl)cc1[N+](=O)[O-]. The summed E-state index contributed by atoms with van der Waals surface area (Å²) in [7, 11) is 1.47. The second-order valence-corrected chi connectivity index (χ2v) is 8.18. The summed E-state index contributed by atoms with van der Waals surface area (Å²) >= 11 is 5.85. The number of rotatable bonds is 5. The number of nitro benzene ring substituents is 1. The third-order valence-electron chi connectivity index (χ3n) is 5.56. The summed E-state index contributed by atoms with van der Waals surface area (Å²) in [4.78, 5) is 43.0. The third-order valence-corrected chi connectivity index (χ3v) is 5.79. The first kappa shape index (κ1) is 23.8. The number of fused-ring (bicyclic) bond motifs is 1. The van der Waals surface area contributed by atoms with Crippen LogP contribution < -0.4 is 10.9 Å². The van der Waals surface area contributed by atoms with Crippen LogP contribution in [0.15, 0.2) is 71.5 Å². The van der Waals surface area contributed by atoms with E-state index in [1.165, 1.54) is 52.9 Å². The monoisotopic (exact) mass is 495 g/mol. The van der Waals surface area contributed by atoms with E-state index in [2.05, 4.69) is 10.3 Å². The number of hydrogen-bond acceptors (Lipinski definition) is 5. The van der Waals surface area contributed by atoms with Crippen molar-refractivity contribution < 1.29 is 14.1 Å². The number of carbonyl (C=O) groups excluding carboxylic acids is 1. The first-order valence-electron chi connectivity index (χ1n) is 10.4. The molecule has 1 N–H and O–H groups in total. The van der Waals surface area contributed by atoms with E-state index in [1.54, 1.807) is 31.2 Å². The van der Waals surface area contributed by atoms with Gasteiger partial charge in [-0.3, -0.25) is 19.5 Å². The molecule has 0 saturated heterocycles. The number of urea groups is 1. The van der Waals surface area contributed by atoms with Crippen molar-refractivity contribution in [2.45, 2.75) is 13.0 Å². The molecule has 4 aromatic rings. The van der Waals surface area contributed by atoms with Crippen molar-refractivity contribution in [2.75, 3.05) is 12.4 Å². The molecule has 0 aliphatic carbocycles. The normalized spacial score (nSPS) is 11.8. The molecule has 0 radical (unpaired) electrons. The lowest BCUT2D eigenvalue weighted by molar-refractivity contribution is -0.383. The van der Waals surface area contributed by atoms with Gasteiger partial charge in [0, 0.05) is 18.1 Å². The van der Waals surface area contributed by atoms with E-state index in [9.17, 15) is 24.1 Å². The van der Waals surface area contributed by atoms with Gasteiger partial charge in [-0.15, -0.1) is 0 Å². The van der Waals surface area contributed by atoms with E-state index in [1.807, 2.05) is 0 Å². The topological polar surface area (TPSA) is 110 Å². The fourth-order valence-corrected chi connectivity index (χ4v) is 3.75. The van der Waals surface area contributed by atoms with Crippen molar-refractivity contribution in [3.63, 3.8) is 0 Å². The number of carbonyl (C=O) groups is 1. The molecule has 1 aromatic heterocycles. The smallest absolute Gasteiger partial charge is 0.318 e. The summed E-state index contributed by atoms with van der Waals surface area (Å²) in [6.07, 6.45) is 0. The summed E-state index contributed by atoms with van der Waals surface area (Å²) < 4.78 is 14.9. The Bertz CT molecular complexity index is 1510. The number of nitro groups is 1. The van der Waals surface area contributed by atoms with Gasteiger partial charge in [-0.25, -0.2) is 14.2 Å². The Balaban J connectivity index is 1.76. The number of nitrogens with zero attached hydrogens (tertiary/aromatic N) is 4. The van der Waals surface area contributed by atoms with Gasteiger partial charge in [0.2, 0.25) is 0 Å². The Morgan fingerprint density at radius 1 is 1.17 bits per heavy atom. The average Bonchev–Trinajstić information content (AvgIpc) is 2.84. The zero-order valence-electron chi connectivity index (χ0n) is 18.6. The highest BCUT2D eigenvalue weighted by Crippen LogP contribution is 2.29. The van der Waals surface area contributed by atoms with E-state index >= 15 is 0 Å². The largest absolute Gasteiger partial charge is 0.322 e. The molecule has 35 heavy (non-hydrogen) atoms. The van der Waals surface area contributed by atoms with Gasteiger partial charge in [0.1, 0.15) is 17.3 Å². The zero-order valence-corrected chi connectivity index (χ0v) is 19.4. The number of amides is 2. The van der Waals surface area contributed by atoms with Crippen LogP contribution in [0.2, 0.25) is 5.02 Å². The molecule has 1 unspecified atom stereocenters. The maximum atomic E-state index is 13.6. The van der Waals surface area contributed by atoms with Crippen LogP contribution in [-0.2, 0) is 0 Å². The number of aromatic nitrogens is 2. The van der Waals surface area contributed by atoms with Crippen molar-refractivity contribution >= 4 is 39.9 Å². The number of anilines is 1. The summed E-state index contributed by atoms with van der Waals surface area (Å²) in [5.74, 6) is -0.241. The first-order chi connectivity index (χ1) is 16.7. The number of halogens is 2. The van der Waals surface area contributed by atoms with Crippen LogP contribution >= 0.6 is 11.6 Å². The van der Waals surface area contributed by atoms with Gasteiger partial charge in [0.05, 0.1) is 27.6 Å². The van der Waals surface area contributed by atoms with E-state index in [-0.39, 0.29) is 27.8 Å². The molecule has 11 heteroatoms. The molecule has 2 amide bonds. The van der Waals surface area contributed by atoms with Crippen LogP contribution in [0.4, 0.5) is 20.6 Å². The van der Waals surface area contributed by atoms with E-state index < -0.39 is 22.8 Å². The van der Waals surface area contributed by atoms with E-state index in [0.29, 0.717) is 16.6 Å². The maximum absolute atomic E-state index is 13.6. The Hall–Kier alpha value is -4.31. The Morgan fingerprint density at radius 3 is 2.54 bits per heavy atom. The Labute approximate surface area is 203 Å². The molecule has 0 aliphatic rings. The Kier molecular flexibility index (Phi) is 6.48. The van der Waals surface area contributed by atoms with Crippen molar-refractivity contribution in [2.24, 2.45) is 0 Å². The fourth-order valence-electron chi connectivity index (χ4n) is 3.58. The van der Waals surface area contributed by atoms with Crippen molar-refractivity contribution in [3.8, 4) is 5.69 Å². The van der Waals surface area contributed by atoms with Crippen LogP contribution in [0.25, 0.3) is 16.6 Å². The summed E-state index contributed by atoms with van der Waals surface area (Å²) in [6, 6.07) is 14.6. The average molecular weight is 496 g/mol. The quantitative estimate of drug-likeness (QED) is 0.298. The molecule has 4 rings (SSSR count). The predicted octanol–water partition coefficient (Wildman–Crippen LogP) is 5.31. The van der Waals surface area contributed by atoms with Crippen LogP contribution in [0.5, 0.6) is 0 Å². The summed E-state index contributed by atoms with van der Waals surface area (Å²) in [5.41, 5.74) is 0.0227. The lowest BCUT2D eigenvalue weighted by Gasteiger charge is -2.27. The van der Waals surface area contributed by atoms with Crippen molar-refractivity contribution in [1.82, 2.24) is 14.5 Å². The second kappa shape index (κ2) is 9.51. The number of para-hydroxylation sites is 1. The number of hydrogen-bond donors (Lipinski definition) is 1. The predicted molar refractivity (Wildman–Crippen MR) is 131 cm³/mol. The third kappa shape index (κ3) is 4.69. The number of nitrogens with one attached hydrogen (secondary N) is 1. The minimum atomic E-state index is -0.760. The summed E-state index contributed by atoms with van der Waals surface area (Å²) in [6.45, 7) is 1.66. The van der Waals surface area contributed by atoms with Crippen LogP contribution in [0.1, 0.15) is 18.8 Å². The minimum absolute atomic E-state index is 0.0363. The molecule has 0 fully saturated rings. The fraction of sp³-hybridized carbons (Fsp3) is 0.125. The lowest BCUT2D eigenvalue weighted by Crippen LogP contribution is -2.37. The lowest BCUT2D eigenvalue weighted by atomic mass is 10.2. The van der Waals surface area contributed by atoms with Gasteiger partial charge in [-0.05, 0) is 55.5 Å². The second-order valence-electron chi connectivity index (χ2n) is 7.74. The van der Waals surface area contributed by atoms with Gasteiger partial charge in [-0.1, -0.05) is 23.7 Å². The Morgan fingerprint density at radius 2 is 1.86 bits per heavy atom. The van der Waals surface area contributed by atoms with Gasteiger partial charge in [-0.2, -0.15) is 0 Å². The molecule has 9 nitrogen and oxygen atoms in total. The van der Waals surface area contributed by atoms with Crippen molar-refractivity contribution in [3.05, 3.63) is 104 Å². The van der Waals surface area contributed by atoms with Crippen LogP contribution in [-0.4, -0.2) is 32.5 Å². The molecular formula is C24H19ClFN5O4. The standard InChI is InChI=1S/C24H19ClFN5O4/c1-14(29(2)24(33)28-20-12-7-15(25)13-21(20)31(34)35)22-27-19-6-4-3-5-18(19)23(32)30(22)17-10-8-16(26)9-11-17/h3-14H,1-2H3,(H,28,33). The van der Waals surface area contributed by atoms with Gasteiger partial charge >= 0.3 is 6.03 Å². The number of benzene rings is 3. The highest BCUT2D eigenvalue weighted by molar-refractivity contribution is 6.31. The highest BCUT2D eigenvalue weighted by Gasteiger charge is 2.26. The molecule has 0 bridgehead atoms. The highest BCUT2D eigenvalue weighted by atomic mass is 35.5. The minimum Gasteiger partial charge on any atom is -0.318 e. The van der Waals surface area contributed by atoms with Gasteiger partial charge < -0.3 is 10.2 Å². The van der Waals surface area contributed by atoms with Crippen molar-refractivity contribution in [1.29, 1.82) is 0 Å². The molecule has 1 atom stereocenters. The molecule has 3 aromatic carbocycles. The first-order valence-corrected chi connectivity index (χ1v) is 10.8. The van der Waals surface area contributed by atoms with Crippen LogP contribution in [0.3, 0.4) is 0 Å². The molecule has 0 aliphatic heterocycles.